The van der Waals surface area contributed by atoms with Crippen LogP contribution in [0, 0.1) is 6.92 Å². The molecule has 0 spiro atoms. The quantitative estimate of drug-likeness (QED) is 0.794. The predicted octanol–water partition coefficient (Wildman–Crippen LogP) is 4.19. The fourth-order valence-corrected chi connectivity index (χ4v) is 1.91. The molecule has 0 saturated carbocycles. The number of hydrogen-bond acceptors (Lipinski definition) is 1. The lowest BCUT2D eigenvalue weighted by molar-refractivity contribution is 0.200. The lowest BCUT2D eigenvalue weighted by atomic mass is 10.1. The average molecular weight is 274 g/mol. The van der Waals surface area contributed by atoms with Crippen molar-refractivity contribution in [3.05, 3.63) is 41.6 Å². The van der Waals surface area contributed by atoms with E-state index in [0.29, 0.717) is 0 Å². The van der Waals surface area contributed by atoms with Crippen LogP contribution in [0.1, 0.15) is 44.2 Å². The molecule has 0 aliphatic carbocycles. The molecule has 0 aromatic heterocycles. The molecule has 0 fully saturated rings. The molecule has 1 rings (SSSR count). The first-order valence-electron chi connectivity index (χ1n) is 7.46. The lowest BCUT2D eigenvalue weighted by Crippen LogP contribution is -2.38. The minimum atomic E-state index is -0.0105. The molecule has 3 nitrogen and oxygen atoms in total. The van der Waals surface area contributed by atoms with Crippen molar-refractivity contribution in [2.24, 2.45) is 0 Å². The maximum absolute atomic E-state index is 12.0. The number of amides is 2. The van der Waals surface area contributed by atoms with E-state index in [1.54, 1.807) is 6.20 Å². The number of rotatable bonds is 7. The monoisotopic (exact) mass is 274 g/mol. The molecular formula is C17H26N2O. The normalized spacial score (nSPS) is 10.8. The Hall–Kier alpha value is -1.77. The number of carbonyl (C=O) groups is 1. The molecule has 1 aromatic carbocycles. The van der Waals surface area contributed by atoms with Crippen molar-refractivity contribution >= 4 is 12.1 Å². The third kappa shape index (κ3) is 5.91. The van der Waals surface area contributed by atoms with E-state index >= 15 is 0 Å². The largest absolute Gasteiger partial charge is 0.325 e. The third-order valence-corrected chi connectivity index (χ3v) is 3.12. The van der Waals surface area contributed by atoms with Crippen LogP contribution in [0.15, 0.2) is 30.5 Å². The van der Waals surface area contributed by atoms with Gasteiger partial charge in [-0.2, -0.15) is 0 Å². The van der Waals surface area contributed by atoms with Gasteiger partial charge in [0.25, 0.3) is 0 Å². The molecule has 1 N–H and O–H groups in total. The third-order valence-electron chi connectivity index (χ3n) is 3.12. The Morgan fingerprint density at radius 2 is 1.85 bits per heavy atom. The van der Waals surface area contributed by atoms with Crippen molar-refractivity contribution in [2.45, 2.75) is 40.0 Å². The molecule has 0 saturated heterocycles. The van der Waals surface area contributed by atoms with Crippen molar-refractivity contribution < 1.29 is 4.79 Å². The number of nitrogens with zero attached hydrogens (tertiary/aromatic N) is 1. The molecule has 0 unspecified atom stereocenters. The zero-order chi connectivity index (χ0) is 14.8. The van der Waals surface area contributed by atoms with Gasteiger partial charge in [-0.15, -0.1) is 0 Å². The second-order valence-electron chi connectivity index (χ2n) is 5.03. The first-order chi connectivity index (χ1) is 9.67. The number of benzene rings is 1. The van der Waals surface area contributed by atoms with E-state index in [0.717, 1.165) is 37.9 Å². The summed E-state index contributed by atoms with van der Waals surface area (Å²) in [5.74, 6) is 0. The summed E-state index contributed by atoms with van der Waals surface area (Å²) in [7, 11) is 0. The number of unbranched alkanes of at least 4 members (excludes halogenated alkanes) is 1. The number of urea groups is 1. The van der Waals surface area contributed by atoms with Crippen LogP contribution in [0.5, 0.6) is 0 Å². The van der Waals surface area contributed by atoms with E-state index < -0.39 is 0 Å². The molecule has 20 heavy (non-hydrogen) atoms. The smallest absolute Gasteiger partial charge is 0.321 e. The summed E-state index contributed by atoms with van der Waals surface area (Å²) in [6.07, 6.45) is 6.78. The van der Waals surface area contributed by atoms with Gasteiger partial charge in [0, 0.05) is 19.3 Å². The fraction of sp³-hybridized carbons (Fsp3) is 0.471. The lowest BCUT2D eigenvalue weighted by Gasteiger charge is -2.21. The number of hydrogen-bond donors (Lipinski definition) is 1. The molecular weight excluding hydrogens is 248 g/mol. The highest BCUT2D eigenvalue weighted by Crippen LogP contribution is 2.04. The molecule has 2 amide bonds. The van der Waals surface area contributed by atoms with Crippen LogP contribution in [-0.4, -0.2) is 24.0 Å². The Balaban J connectivity index is 2.48. The van der Waals surface area contributed by atoms with Crippen LogP contribution in [0.2, 0.25) is 0 Å². The fourth-order valence-electron chi connectivity index (χ4n) is 1.91. The Morgan fingerprint density at radius 1 is 1.15 bits per heavy atom. The number of nitrogens with one attached hydrogen (secondary N) is 1. The van der Waals surface area contributed by atoms with Gasteiger partial charge in [0.15, 0.2) is 0 Å². The van der Waals surface area contributed by atoms with E-state index in [1.807, 2.05) is 23.1 Å². The summed E-state index contributed by atoms with van der Waals surface area (Å²) >= 11 is 0. The summed E-state index contributed by atoms with van der Waals surface area (Å²) in [4.78, 5) is 13.9. The number of aryl methyl sites for hydroxylation is 1. The maximum Gasteiger partial charge on any atom is 0.321 e. The van der Waals surface area contributed by atoms with Crippen LogP contribution >= 0.6 is 0 Å². The Kier molecular flexibility index (Phi) is 7.48. The van der Waals surface area contributed by atoms with Crippen molar-refractivity contribution in [3.8, 4) is 0 Å². The summed E-state index contributed by atoms with van der Waals surface area (Å²) in [6, 6.07) is 8.19. The summed E-state index contributed by atoms with van der Waals surface area (Å²) in [5, 5.41) is 2.85. The maximum atomic E-state index is 12.0. The molecule has 1 aromatic rings. The zero-order valence-electron chi connectivity index (χ0n) is 12.9. The molecule has 0 aliphatic heterocycles. The Bertz CT molecular complexity index is 423. The highest BCUT2D eigenvalue weighted by molar-refractivity contribution is 5.76. The molecule has 0 heterocycles. The van der Waals surface area contributed by atoms with Gasteiger partial charge in [0.05, 0.1) is 0 Å². The molecule has 3 heteroatoms. The van der Waals surface area contributed by atoms with Crippen LogP contribution in [0.4, 0.5) is 4.79 Å². The molecule has 0 aliphatic rings. The van der Waals surface area contributed by atoms with Crippen molar-refractivity contribution in [2.75, 3.05) is 13.1 Å². The van der Waals surface area contributed by atoms with Gasteiger partial charge in [-0.05, 0) is 31.4 Å². The van der Waals surface area contributed by atoms with Gasteiger partial charge >= 0.3 is 6.03 Å². The van der Waals surface area contributed by atoms with Crippen molar-refractivity contribution in [3.63, 3.8) is 0 Å². The SMILES string of the molecule is CCCCN(CCC)C(=O)N/C=C/c1ccc(C)cc1. The van der Waals surface area contributed by atoms with E-state index in [-0.39, 0.29) is 6.03 Å². The molecule has 110 valence electrons. The van der Waals surface area contributed by atoms with Crippen LogP contribution in [-0.2, 0) is 0 Å². The topological polar surface area (TPSA) is 32.3 Å². The van der Waals surface area contributed by atoms with Crippen molar-refractivity contribution in [1.82, 2.24) is 10.2 Å². The van der Waals surface area contributed by atoms with E-state index in [4.69, 9.17) is 0 Å². The first kappa shape index (κ1) is 16.3. The van der Waals surface area contributed by atoms with Gasteiger partial charge in [-0.25, -0.2) is 4.79 Å². The van der Waals surface area contributed by atoms with Gasteiger partial charge in [0.2, 0.25) is 0 Å². The van der Waals surface area contributed by atoms with E-state index in [1.165, 1.54) is 5.56 Å². The highest BCUT2D eigenvalue weighted by atomic mass is 16.2. The van der Waals surface area contributed by atoms with Gasteiger partial charge in [-0.3, -0.25) is 0 Å². The zero-order valence-corrected chi connectivity index (χ0v) is 12.9. The van der Waals surface area contributed by atoms with Gasteiger partial charge in [-0.1, -0.05) is 50.1 Å². The van der Waals surface area contributed by atoms with Crippen molar-refractivity contribution in [1.29, 1.82) is 0 Å². The summed E-state index contributed by atoms with van der Waals surface area (Å²) in [6.45, 7) is 7.93. The summed E-state index contributed by atoms with van der Waals surface area (Å²) < 4.78 is 0. The number of carbonyl (C=O) groups excluding carboxylic acids is 1. The standard InChI is InChI=1S/C17H26N2O/c1-4-6-14-19(13-5-2)17(20)18-12-11-16-9-7-15(3)8-10-16/h7-12H,4-6,13-14H2,1-3H3,(H,18,20)/b12-11+. The Morgan fingerprint density at radius 3 is 2.45 bits per heavy atom. The first-order valence-corrected chi connectivity index (χ1v) is 7.46. The molecule has 0 atom stereocenters. The van der Waals surface area contributed by atoms with Crippen LogP contribution in [0.3, 0.4) is 0 Å². The minimum Gasteiger partial charge on any atom is -0.325 e. The van der Waals surface area contributed by atoms with Crippen LogP contribution in [0.25, 0.3) is 6.08 Å². The van der Waals surface area contributed by atoms with Crippen LogP contribution < -0.4 is 5.32 Å². The average Bonchev–Trinajstić information content (AvgIpc) is 2.45. The van der Waals surface area contributed by atoms with E-state index in [2.05, 4.69) is 38.2 Å². The second kappa shape index (κ2) is 9.18. The summed E-state index contributed by atoms with van der Waals surface area (Å²) in [5.41, 5.74) is 2.33. The van der Waals surface area contributed by atoms with Gasteiger partial charge < -0.3 is 10.2 Å². The van der Waals surface area contributed by atoms with E-state index in [9.17, 15) is 4.79 Å². The highest BCUT2D eigenvalue weighted by Gasteiger charge is 2.09. The molecule has 0 radical (unpaired) electrons. The Labute approximate surface area is 122 Å². The van der Waals surface area contributed by atoms with Gasteiger partial charge in [0.1, 0.15) is 0 Å². The molecule has 0 bridgehead atoms. The second-order valence-corrected chi connectivity index (χ2v) is 5.03. The minimum absolute atomic E-state index is 0.0105. The predicted molar refractivity (Wildman–Crippen MR) is 85.5 cm³/mol.